The molecule has 0 spiro atoms. The molecule has 2 heteroatoms. The second kappa shape index (κ2) is 6.94. The molecule has 2 aliphatic rings. The Bertz CT molecular complexity index is 201. The molecular weight excluding hydrogens is 350 g/mol. The maximum Gasteiger partial charge on any atom is 2.00 e. The second-order valence-corrected chi connectivity index (χ2v) is 2.89. The first-order chi connectivity index (χ1) is 5.45. The third-order valence-electron chi connectivity index (χ3n) is 2.00. The van der Waals surface area contributed by atoms with Crippen LogP contribution in [0.15, 0.2) is 48.6 Å². The maximum atomic E-state index is 2.33. The van der Waals surface area contributed by atoms with Crippen molar-refractivity contribution in [3.8, 4) is 0 Å². The first kappa shape index (κ1) is 13.6. The predicted molar refractivity (Wildman–Crippen MR) is 47.8 cm³/mol. The van der Waals surface area contributed by atoms with Crippen LogP contribution in [0.25, 0.3) is 0 Å². The van der Waals surface area contributed by atoms with Gasteiger partial charge in [0, 0.05) is 0 Å². The summed E-state index contributed by atoms with van der Waals surface area (Å²) in [5.74, 6) is 1.10. The van der Waals surface area contributed by atoms with Gasteiger partial charge in [-0.3, -0.25) is 0 Å². The Morgan fingerprint density at radius 2 is 1.00 bits per heavy atom. The van der Waals surface area contributed by atoms with Crippen LogP contribution < -0.4 is 24.0 Å². The monoisotopic (exact) mass is 360 g/mol. The van der Waals surface area contributed by atoms with E-state index in [0.717, 1.165) is 0 Å². The standard InChI is InChI=1S/C11H11.HI.Zr/c1-2-6-10(5-1)9-11-7-3-4-8-11;;/h1-11H;1H;/q-1;;+2/p-1. The summed E-state index contributed by atoms with van der Waals surface area (Å²) in [5, 5.41) is 0. The zero-order valence-electron chi connectivity index (χ0n) is 7.23. The SMILES string of the molecule is C1=CC([CH-]C2C=CC=C2)C=C1.[I-].[Zr+2]. The van der Waals surface area contributed by atoms with Gasteiger partial charge in [0.05, 0.1) is 0 Å². The Morgan fingerprint density at radius 3 is 1.31 bits per heavy atom. The summed E-state index contributed by atoms with van der Waals surface area (Å²) in [6, 6.07) is 0. The van der Waals surface area contributed by atoms with Crippen LogP contribution in [0.3, 0.4) is 0 Å². The van der Waals surface area contributed by atoms with Crippen molar-refractivity contribution in [3.05, 3.63) is 55.0 Å². The Morgan fingerprint density at radius 1 is 0.692 bits per heavy atom. The average molecular weight is 361 g/mol. The number of hydrogen-bond acceptors (Lipinski definition) is 0. The van der Waals surface area contributed by atoms with E-state index in [1.54, 1.807) is 0 Å². The zero-order valence-corrected chi connectivity index (χ0v) is 11.8. The molecule has 0 aromatic heterocycles. The summed E-state index contributed by atoms with van der Waals surface area (Å²) in [5.41, 5.74) is 0. The van der Waals surface area contributed by atoms with Crippen LogP contribution in [0.2, 0.25) is 0 Å². The van der Waals surface area contributed by atoms with Crippen molar-refractivity contribution in [2.45, 2.75) is 0 Å². The van der Waals surface area contributed by atoms with Crippen molar-refractivity contribution in [2.24, 2.45) is 11.8 Å². The van der Waals surface area contributed by atoms with Crippen LogP contribution in [-0.2, 0) is 26.2 Å². The number of allylic oxidation sites excluding steroid dienone is 8. The van der Waals surface area contributed by atoms with Crippen molar-refractivity contribution in [1.29, 1.82) is 0 Å². The first-order valence-corrected chi connectivity index (χ1v) is 4.00. The topological polar surface area (TPSA) is 0 Å². The minimum atomic E-state index is 0. The van der Waals surface area contributed by atoms with E-state index in [4.69, 9.17) is 0 Å². The van der Waals surface area contributed by atoms with Crippen LogP contribution in [0.4, 0.5) is 0 Å². The number of hydrogen-bond donors (Lipinski definition) is 0. The van der Waals surface area contributed by atoms with E-state index >= 15 is 0 Å². The maximum absolute atomic E-state index is 2.33. The van der Waals surface area contributed by atoms with Gasteiger partial charge in [0.25, 0.3) is 0 Å². The van der Waals surface area contributed by atoms with Gasteiger partial charge in [-0.1, -0.05) is 24.3 Å². The molecule has 0 saturated heterocycles. The van der Waals surface area contributed by atoms with Crippen molar-refractivity contribution in [3.63, 3.8) is 0 Å². The molecule has 2 aliphatic carbocycles. The summed E-state index contributed by atoms with van der Waals surface area (Å²) in [6.45, 7) is 0. The van der Waals surface area contributed by atoms with Gasteiger partial charge in [-0.25, -0.2) is 0 Å². The Kier molecular flexibility index (Phi) is 7.25. The van der Waals surface area contributed by atoms with E-state index in [2.05, 4.69) is 55.0 Å². The fourth-order valence-corrected chi connectivity index (χ4v) is 1.41. The quantitative estimate of drug-likeness (QED) is 0.467. The van der Waals surface area contributed by atoms with E-state index in [1.807, 2.05) is 0 Å². The van der Waals surface area contributed by atoms with Crippen LogP contribution in [0.1, 0.15) is 0 Å². The molecule has 0 atom stereocenters. The summed E-state index contributed by atoms with van der Waals surface area (Å²) < 4.78 is 0. The second-order valence-electron chi connectivity index (χ2n) is 2.89. The molecule has 2 rings (SSSR count). The summed E-state index contributed by atoms with van der Waals surface area (Å²) in [7, 11) is 0. The van der Waals surface area contributed by atoms with Crippen molar-refractivity contribution < 1.29 is 50.2 Å². The fraction of sp³-hybridized carbons (Fsp3) is 0.182. The minimum Gasteiger partial charge on any atom is -1.00 e. The Balaban J connectivity index is 0.000000720. The number of halogens is 1. The van der Waals surface area contributed by atoms with Crippen LogP contribution in [-0.4, -0.2) is 0 Å². The van der Waals surface area contributed by atoms with Crippen LogP contribution >= 0.6 is 0 Å². The fourth-order valence-electron chi connectivity index (χ4n) is 1.41. The first-order valence-electron chi connectivity index (χ1n) is 4.00. The van der Waals surface area contributed by atoms with E-state index in [1.165, 1.54) is 0 Å². The summed E-state index contributed by atoms with van der Waals surface area (Å²) in [4.78, 5) is 0. The number of rotatable bonds is 2. The van der Waals surface area contributed by atoms with Crippen molar-refractivity contribution in [1.82, 2.24) is 0 Å². The molecule has 0 fully saturated rings. The largest absolute Gasteiger partial charge is 2.00 e. The zero-order chi connectivity index (χ0) is 7.52. The Hall–Kier alpha value is 0.573. The van der Waals surface area contributed by atoms with Gasteiger partial charge in [-0.15, -0.1) is 36.1 Å². The van der Waals surface area contributed by atoms with Crippen molar-refractivity contribution >= 4 is 0 Å². The molecule has 0 aliphatic heterocycles. The molecule has 0 N–H and O–H groups in total. The molecule has 0 amide bonds. The van der Waals surface area contributed by atoms with Gasteiger partial charge >= 0.3 is 26.2 Å². The van der Waals surface area contributed by atoms with Crippen LogP contribution in [0.5, 0.6) is 0 Å². The minimum absolute atomic E-state index is 0. The molecule has 0 saturated carbocycles. The van der Waals surface area contributed by atoms with Gasteiger partial charge in [0.1, 0.15) is 0 Å². The van der Waals surface area contributed by atoms with Gasteiger partial charge in [0.2, 0.25) is 0 Å². The van der Waals surface area contributed by atoms with Gasteiger partial charge in [-0.05, 0) is 0 Å². The van der Waals surface area contributed by atoms with Gasteiger partial charge in [-0.2, -0.15) is 0 Å². The molecular formula is C11H11IZr. The average Bonchev–Trinajstić information content (AvgIpc) is 2.60. The van der Waals surface area contributed by atoms with Crippen molar-refractivity contribution in [2.75, 3.05) is 0 Å². The Labute approximate surface area is 116 Å². The van der Waals surface area contributed by atoms with E-state index in [0.29, 0.717) is 11.8 Å². The third-order valence-corrected chi connectivity index (χ3v) is 2.00. The molecule has 0 nitrogen and oxygen atoms in total. The summed E-state index contributed by atoms with van der Waals surface area (Å²) in [6.07, 6.45) is 19.6. The van der Waals surface area contributed by atoms with Gasteiger partial charge < -0.3 is 30.4 Å². The van der Waals surface area contributed by atoms with E-state index in [-0.39, 0.29) is 50.2 Å². The molecule has 0 radical (unpaired) electrons. The third kappa shape index (κ3) is 4.07. The van der Waals surface area contributed by atoms with E-state index < -0.39 is 0 Å². The molecule has 0 aromatic rings. The van der Waals surface area contributed by atoms with E-state index in [9.17, 15) is 0 Å². The summed E-state index contributed by atoms with van der Waals surface area (Å²) >= 11 is 0. The normalized spacial score (nSPS) is 19.1. The molecule has 0 heterocycles. The van der Waals surface area contributed by atoms with Crippen LogP contribution in [0, 0.1) is 18.3 Å². The molecule has 0 aromatic carbocycles. The van der Waals surface area contributed by atoms with Gasteiger partial charge in [0.15, 0.2) is 0 Å². The molecule has 66 valence electrons. The molecule has 0 bridgehead atoms. The predicted octanol–water partition coefficient (Wildman–Crippen LogP) is -0.323. The molecule has 13 heavy (non-hydrogen) atoms. The molecule has 0 unspecified atom stereocenters. The smallest absolute Gasteiger partial charge is 1.00 e.